The molecular weight excluding hydrogens is 286 g/mol. The van der Waals surface area contributed by atoms with Gasteiger partial charge in [0.05, 0.1) is 0 Å². The first-order chi connectivity index (χ1) is 7.78. The Morgan fingerprint density at radius 1 is 1.25 bits per heavy atom. The van der Waals surface area contributed by atoms with Crippen LogP contribution in [-0.4, -0.2) is 39.2 Å². The molecule has 100 valence electrons. The molecule has 0 amide bonds. The molecule has 0 fully saturated rings. The Hall–Kier alpha value is 1.30. The standard InChI is InChI=1S/C9H18NO5PS.3Li/c1-2-3-6-16(15,17)10-7(9(13)14)4-5-8(11)12;;;/h7H,2-6H2,1H3,(H,11,12)(H,13,14)(H2,10,15,17);;;/q;3*+1/t7-,16?;;;/m0.../s1. The Kier molecular flexibility index (Phi) is 22.3. The fourth-order valence-corrected chi connectivity index (χ4v) is 3.56. The van der Waals surface area contributed by atoms with Gasteiger partial charge in [-0.05, 0) is 12.8 Å². The maximum absolute atomic E-state index is 10.9. The van der Waals surface area contributed by atoms with E-state index >= 15 is 0 Å². The van der Waals surface area contributed by atoms with Crippen LogP contribution in [0, 0.1) is 0 Å². The van der Waals surface area contributed by atoms with Crippen LogP contribution in [0.2, 0.25) is 0 Å². The van der Waals surface area contributed by atoms with E-state index in [1.165, 1.54) is 0 Å². The molecule has 0 rings (SSSR count). The summed E-state index contributed by atoms with van der Waals surface area (Å²) in [5.74, 6) is -2.26. The molecule has 0 bridgehead atoms. The summed E-state index contributed by atoms with van der Waals surface area (Å²) in [6.45, 7) is 1.94. The van der Waals surface area contributed by atoms with Gasteiger partial charge < -0.3 is 15.1 Å². The number of hydrogen-bond acceptors (Lipinski definition) is 3. The third-order valence-electron chi connectivity index (χ3n) is 2.12. The van der Waals surface area contributed by atoms with Gasteiger partial charge in [0, 0.05) is 12.6 Å². The fourth-order valence-electron chi connectivity index (χ4n) is 1.19. The Labute approximate surface area is 160 Å². The molecule has 0 aromatic carbocycles. The molecule has 0 heterocycles. The van der Waals surface area contributed by atoms with Crippen molar-refractivity contribution in [2.75, 3.05) is 6.16 Å². The van der Waals surface area contributed by atoms with E-state index < -0.39 is 24.4 Å². The van der Waals surface area contributed by atoms with Gasteiger partial charge in [-0.1, -0.05) is 25.2 Å². The van der Waals surface area contributed by atoms with Gasteiger partial charge in [-0.3, -0.25) is 14.7 Å². The van der Waals surface area contributed by atoms with Crippen LogP contribution in [0.3, 0.4) is 0 Å². The summed E-state index contributed by atoms with van der Waals surface area (Å²) in [6, 6.07) is -1.10. The van der Waals surface area contributed by atoms with Crippen LogP contribution in [-0.2, 0) is 21.4 Å². The van der Waals surface area contributed by atoms with E-state index in [1.54, 1.807) is 0 Å². The SMILES string of the molecule is CCCCP(O)(=S)N[C@@H](CCC(=O)O)C(=O)O.[Li+].[Li+].[Li+]. The van der Waals surface area contributed by atoms with Crippen molar-refractivity contribution in [3.05, 3.63) is 0 Å². The molecule has 4 N–H and O–H groups in total. The Bertz CT molecular complexity index is 335. The predicted molar refractivity (Wildman–Crippen MR) is 67.7 cm³/mol. The quantitative estimate of drug-likeness (QED) is 0.248. The van der Waals surface area contributed by atoms with Crippen molar-refractivity contribution in [1.29, 1.82) is 0 Å². The Morgan fingerprint density at radius 2 is 1.75 bits per heavy atom. The smallest absolute Gasteiger partial charge is 0.481 e. The third kappa shape index (κ3) is 15.7. The molecule has 0 aliphatic rings. The first-order valence-electron chi connectivity index (χ1n) is 5.32. The Balaban J connectivity index is -0.000000427. The predicted octanol–water partition coefficient (Wildman–Crippen LogP) is -7.99. The molecule has 0 aromatic rings. The average Bonchev–Trinajstić information content (AvgIpc) is 2.20. The molecule has 0 saturated heterocycles. The van der Waals surface area contributed by atoms with E-state index in [-0.39, 0.29) is 69.4 Å². The van der Waals surface area contributed by atoms with Crippen molar-refractivity contribution < 1.29 is 81.3 Å². The minimum atomic E-state index is -2.87. The van der Waals surface area contributed by atoms with Crippen LogP contribution in [0.25, 0.3) is 0 Å². The van der Waals surface area contributed by atoms with Crippen molar-refractivity contribution in [3.63, 3.8) is 0 Å². The maximum atomic E-state index is 10.9. The first-order valence-corrected chi connectivity index (χ1v) is 8.26. The zero-order chi connectivity index (χ0) is 13.5. The van der Waals surface area contributed by atoms with Gasteiger partial charge in [-0.15, -0.1) is 0 Å². The van der Waals surface area contributed by atoms with Crippen LogP contribution in [0.1, 0.15) is 32.6 Å². The second kappa shape index (κ2) is 15.2. The summed E-state index contributed by atoms with van der Waals surface area (Å²) in [5, 5.41) is 19.9. The zero-order valence-corrected chi connectivity index (χ0v) is 14.3. The molecule has 0 spiro atoms. The van der Waals surface area contributed by atoms with Crippen LogP contribution >= 0.6 is 6.42 Å². The van der Waals surface area contributed by atoms with Crippen LogP contribution in [0.4, 0.5) is 0 Å². The minimum Gasteiger partial charge on any atom is -0.481 e. The van der Waals surface area contributed by atoms with E-state index in [1.807, 2.05) is 6.92 Å². The zero-order valence-electron chi connectivity index (χ0n) is 12.6. The number of carboxylic acids is 2. The van der Waals surface area contributed by atoms with Gasteiger partial charge in [0.1, 0.15) is 12.5 Å². The molecule has 2 atom stereocenters. The first kappa shape index (κ1) is 29.3. The van der Waals surface area contributed by atoms with Gasteiger partial charge in [0.2, 0.25) is 0 Å². The largest absolute Gasteiger partial charge is 1.00 e. The fraction of sp³-hybridized carbons (Fsp3) is 0.778. The molecule has 1 unspecified atom stereocenters. The molecule has 0 radical (unpaired) electrons. The number of carboxylic acid groups (broad SMARTS) is 2. The van der Waals surface area contributed by atoms with E-state index in [0.29, 0.717) is 12.6 Å². The van der Waals surface area contributed by atoms with Crippen LogP contribution in [0.5, 0.6) is 0 Å². The van der Waals surface area contributed by atoms with E-state index in [9.17, 15) is 14.5 Å². The topological polar surface area (TPSA) is 107 Å². The van der Waals surface area contributed by atoms with Crippen molar-refractivity contribution in [2.45, 2.75) is 38.6 Å². The van der Waals surface area contributed by atoms with Crippen molar-refractivity contribution >= 4 is 30.2 Å². The molecule has 0 saturated carbocycles. The number of aliphatic carboxylic acids is 2. The molecule has 0 aliphatic heterocycles. The molecule has 6 nitrogen and oxygen atoms in total. The van der Waals surface area contributed by atoms with E-state index in [2.05, 4.69) is 5.09 Å². The summed E-state index contributed by atoms with van der Waals surface area (Å²) in [7, 11) is 0. The maximum Gasteiger partial charge on any atom is 1.00 e. The summed E-state index contributed by atoms with van der Waals surface area (Å²) in [5.41, 5.74) is 0. The van der Waals surface area contributed by atoms with E-state index in [4.69, 9.17) is 22.0 Å². The second-order valence-corrected chi connectivity index (χ2v) is 7.65. The van der Waals surface area contributed by atoms with Gasteiger partial charge >= 0.3 is 68.5 Å². The van der Waals surface area contributed by atoms with Crippen molar-refractivity contribution in [3.8, 4) is 0 Å². The molecule has 11 heteroatoms. The number of carbonyl (C=O) groups is 2. The van der Waals surface area contributed by atoms with Crippen molar-refractivity contribution in [2.24, 2.45) is 0 Å². The van der Waals surface area contributed by atoms with Gasteiger partial charge in [-0.25, -0.2) is 0 Å². The summed E-state index contributed by atoms with van der Waals surface area (Å²) in [4.78, 5) is 31.1. The molecule has 0 aliphatic carbocycles. The van der Waals surface area contributed by atoms with Gasteiger partial charge in [0.25, 0.3) is 0 Å². The minimum absolute atomic E-state index is 0. The second-order valence-electron chi connectivity index (χ2n) is 3.73. The monoisotopic (exact) mass is 304 g/mol. The average molecular weight is 304 g/mol. The number of unbranched alkanes of at least 4 members (excludes halogenated alkanes) is 1. The molecule has 0 aromatic heterocycles. The van der Waals surface area contributed by atoms with Crippen molar-refractivity contribution in [1.82, 2.24) is 5.09 Å². The third-order valence-corrected chi connectivity index (χ3v) is 4.62. The van der Waals surface area contributed by atoms with Gasteiger partial charge in [-0.2, -0.15) is 0 Å². The van der Waals surface area contributed by atoms with Gasteiger partial charge in [0.15, 0.2) is 0 Å². The summed E-state index contributed by atoms with van der Waals surface area (Å²) >= 11 is 4.93. The normalized spacial score (nSPS) is 13.7. The summed E-state index contributed by atoms with van der Waals surface area (Å²) < 4.78 is 0. The van der Waals surface area contributed by atoms with Crippen LogP contribution < -0.4 is 61.7 Å². The summed E-state index contributed by atoms with van der Waals surface area (Å²) in [6.07, 6.45) is -1.30. The number of rotatable bonds is 9. The number of nitrogens with one attached hydrogen (secondary N) is 1. The van der Waals surface area contributed by atoms with E-state index in [0.717, 1.165) is 6.42 Å². The molecule has 20 heavy (non-hydrogen) atoms. The number of hydrogen-bond donors (Lipinski definition) is 4. The van der Waals surface area contributed by atoms with Crippen LogP contribution in [0.15, 0.2) is 0 Å². The Morgan fingerprint density at radius 3 is 2.10 bits per heavy atom. The molecular formula is C9H18Li3NO5PS+3.